The fourth-order valence-electron chi connectivity index (χ4n) is 3.63. The number of amides is 1. The van der Waals surface area contributed by atoms with E-state index in [-0.39, 0.29) is 35.8 Å². The molecule has 1 aliphatic rings. The van der Waals surface area contributed by atoms with Gasteiger partial charge in [0.15, 0.2) is 5.96 Å². The van der Waals surface area contributed by atoms with Crippen LogP contribution in [0, 0.1) is 11.8 Å². The lowest BCUT2D eigenvalue weighted by Gasteiger charge is -2.31. The fraction of sp³-hybridized carbons (Fsp3) is 0.652. The number of nitrogens with two attached hydrogens (primary N) is 1. The highest BCUT2D eigenvalue weighted by molar-refractivity contribution is 14.0. The molecule has 8 heteroatoms. The number of benzene rings is 1. The quantitative estimate of drug-likeness (QED) is 0.172. The van der Waals surface area contributed by atoms with Crippen LogP contribution >= 0.6 is 24.0 Å². The first-order valence-corrected chi connectivity index (χ1v) is 11.1. The molecule has 0 radical (unpaired) electrons. The van der Waals surface area contributed by atoms with E-state index in [2.05, 4.69) is 58.6 Å². The average molecular weight is 546 g/mol. The molecule has 1 aliphatic heterocycles. The molecular weight excluding hydrogens is 505 g/mol. The van der Waals surface area contributed by atoms with Gasteiger partial charge in [-0.3, -0.25) is 14.7 Å². The van der Waals surface area contributed by atoms with Gasteiger partial charge in [0.25, 0.3) is 0 Å². The van der Waals surface area contributed by atoms with Crippen molar-refractivity contribution < 1.29 is 9.53 Å². The number of nitrogens with zero attached hydrogens (tertiary/aromatic N) is 2. The number of rotatable bonds is 11. The Bertz CT molecular complexity index is 684. The summed E-state index contributed by atoms with van der Waals surface area (Å²) in [5.74, 6) is 1.17. The minimum absolute atomic E-state index is 0. The molecule has 1 fully saturated rings. The van der Waals surface area contributed by atoms with Crippen LogP contribution in [0.4, 0.5) is 0 Å². The van der Waals surface area contributed by atoms with Gasteiger partial charge < -0.3 is 21.1 Å². The number of ether oxygens (including phenoxy) is 1. The third-order valence-corrected chi connectivity index (χ3v) is 5.20. The average Bonchev–Trinajstić information content (AvgIpc) is 2.73. The molecule has 1 saturated heterocycles. The second kappa shape index (κ2) is 15.4. The van der Waals surface area contributed by atoms with Crippen molar-refractivity contribution in [2.24, 2.45) is 22.6 Å². The van der Waals surface area contributed by atoms with Gasteiger partial charge in [0.05, 0.1) is 5.92 Å². The summed E-state index contributed by atoms with van der Waals surface area (Å²) in [5.41, 5.74) is 7.96. The fourth-order valence-corrected chi connectivity index (χ4v) is 3.63. The molecule has 176 valence electrons. The van der Waals surface area contributed by atoms with Crippen molar-refractivity contribution in [3.05, 3.63) is 35.4 Å². The molecule has 0 saturated carbocycles. The molecule has 1 atom stereocenters. The van der Waals surface area contributed by atoms with E-state index in [9.17, 15) is 4.79 Å². The van der Waals surface area contributed by atoms with Crippen LogP contribution < -0.4 is 16.4 Å². The normalized spacial score (nSPS) is 17.3. The topological polar surface area (TPSA) is 92.0 Å². The number of carbonyl (C=O) groups excluding carboxylic acids is 1. The Morgan fingerprint density at radius 3 is 2.81 bits per heavy atom. The van der Waals surface area contributed by atoms with Crippen LogP contribution in [-0.2, 0) is 22.6 Å². The molecule has 4 N–H and O–H groups in total. The van der Waals surface area contributed by atoms with Crippen LogP contribution in [0.15, 0.2) is 29.3 Å². The number of piperidine rings is 1. The van der Waals surface area contributed by atoms with Gasteiger partial charge in [-0.25, -0.2) is 0 Å². The monoisotopic (exact) mass is 545 g/mol. The minimum Gasteiger partial charge on any atom is -0.381 e. The first-order chi connectivity index (χ1) is 14.5. The summed E-state index contributed by atoms with van der Waals surface area (Å²) < 4.78 is 5.61. The second-order valence-corrected chi connectivity index (χ2v) is 8.47. The Kier molecular flexibility index (Phi) is 13.7. The minimum atomic E-state index is -0.178. The maximum Gasteiger partial charge on any atom is 0.221 e. The number of hydrogen-bond acceptors (Lipinski definition) is 4. The predicted molar refractivity (Wildman–Crippen MR) is 138 cm³/mol. The standard InChI is InChI=1S/C23H39N5O2.HI/c1-18(2)17-30-12-6-10-26-23(25-3)27-14-19-7-4-8-20(13-19)15-28-11-5-9-21(16-28)22(24)29;/h4,7-8,13,18,21H,5-6,9-12,14-17H2,1-3H3,(H2,24,29)(H2,25,26,27);1H. The molecule has 1 heterocycles. The second-order valence-electron chi connectivity index (χ2n) is 8.47. The van der Waals surface area contributed by atoms with Crippen LogP contribution in [0.1, 0.15) is 44.2 Å². The van der Waals surface area contributed by atoms with Crippen LogP contribution in [0.3, 0.4) is 0 Å². The summed E-state index contributed by atoms with van der Waals surface area (Å²) in [5, 5.41) is 6.70. The Balaban J connectivity index is 0.00000480. The van der Waals surface area contributed by atoms with E-state index in [0.29, 0.717) is 12.5 Å². The zero-order valence-corrected chi connectivity index (χ0v) is 21.6. The summed E-state index contributed by atoms with van der Waals surface area (Å²) in [6.45, 7) is 10.0. The summed E-state index contributed by atoms with van der Waals surface area (Å²) in [4.78, 5) is 18.1. The van der Waals surface area contributed by atoms with Crippen LogP contribution in [-0.4, -0.2) is 56.7 Å². The number of halogens is 1. The predicted octanol–water partition coefficient (Wildman–Crippen LogP) is 2.73. The highest BCUT2D eigenvalue weighted by atomic mass is 127. The lowest BCUT2D eigenvalue weighted by molar-refractivity contribution is -0.123. The number of aliphatic imine (C=N–C) groups is 1. The summed E-state index contributed by atoms with van der Waals surface area (Å²) in [6.07, 6.45) is 2.89. The SMILES string of the molecule is CN=C(NCCCOCC(C)C)NCc1cccc(CN2CCCC(C(N)=O)C2)c1.I. The molecule has 1 aromatic rings. The number of nitrogens with one attached hydrogen (secondary N) is 2. The molecule has 2 rings (SSSR count). The van der Waals surface area contributed by atoms with Crippen molar-refractivity contribution in [2.75, 3.05) is 39.9 Å². The van der Waals surface area contributed by atoms with Crippen molar-refractivity contribution >= 4 is 35.8 Å². The van der Waals surface area contributed by atoms with Gasteiger partial charge in [-0.2, -0.15) is 0 Å². The van der Waals surface area contributed by atoms with Crippen molar-refractivity contribution in [2.45, 2.75) is 46.2 Å². The first-order valence-electron chi connectivity index (χ1n) is 11.1. The highest BCUT2D eigenvalue weighted by Gasteiger charge is 2.23. The van der Waals surface area contributed by atoms with Crippen molar-refractivity contribution in [1.29, 1.82) is 0 Å². The molecule has 7 nitrogen and oxygen atoms in total. The Morgan fingerprint density at radius 2 is 2.10 bits per heavy atom. The van der Waals surface area contributed by atoms with E-state index in [0.717, 1.165) is 64.6 Å². The van der Waals surface area contributed by atoms with Crippen LogP contribution in [0.2, 0.25) is 0 Å². The van der Waals surface area contributed by atoms with Gasteiger partial charge in [0.1, 0.15) is 0 Å². The maximum atomic E-state index is 11.5. The summed E-state index contributed by atoms with van der Waals surface area (Å²) in [7, 11) is 1.78. The summed E-state index contributed by atoms with van der Waals surface area (Å²) in [6, 6.07) is 8.56. The van der Waals surface area contributed by atoms with Gasteiger partial charge in [-0.15, -0.1) is 24.0 Å². The molecule has 31 heavy (non-hydrogen) atoms. The Hall–Kier alpha value is -1.39. The van der Waals surface area contributed by atoms with E-state index in [4.69, 9.17) is 10.5 Å². The van der Waals surface area contributed by atoms with Crippen molar-refractivity contribution in [1.82, 2.24) is 15.5 Å². The number of hydrogen-bond donors (Lipinski definition) is 3. The van der Waals surface area contributed by atoms with E-state index < -0.39 is 0 Å². The molecular formula is C23H40IN5O2. The molecule has 0 aromatic heterocycles. The number of guanidine groups is 1. The zero-order chi connectivity index (χ0) is 21.8. The largest absolute Gasteiger partial charge is 0.381 e. The molecule has 1 unspecified atom stereocenters. The Morgan fingerprint density at radius 1 is 1.32 bits per heavy atom. The van der Waals surface area contributed by atoms with E-state index in [1.807, 2.05) is 0 Å². The van der Waals surface area contributed by atoms with Crippen molar-refractivity contribution in [3.63, 3.8) is 0 Å². The molecule has 1 amide bonds. The van der Waals surface area contributed by atoms with Gasteiger partial charge in [-0.1, -0.05) is 38.1 Å². The van der Waals surface area contributed by atoms with Gasteiger partial charge in [0.2, 0.25) is 5.91 Å². The highest BCUT2D eigenvalue weighted by Crippen LogP contribution is 2.18. The smallest absolute Gasteiger partial charge is 0.221 e. The third-order valence-electron chi connectivity index (χ3n) is 5.20. The molecule has 1 aromatic carbocycles. The van der Waals surface area contributed by atoms with Gasteiger partial charge in [0, 0.05) is 46.4 Å². The number of carbonyl (C=O) groups is 1. The van der Waals surface area contributed by atoms with Gasteiger partial charge in [-0.05, 0) is 42.9 Å². The van der Waals surface area contributed by atoms with E-state index in [1.54, 1.807) is 7.05 Å². The van der Waals surface area contributed by atoms with E-state index >= 15 is 0 Å². The lowest BCUT2D eigenvalue weighted by Crippen LogP contribution is -2.40. The number of likely N-dealkylation sites (tertiary alicyclic amines) is 1. The van der Waals surface area contributed by atoms with Gasteiger partial charge >= 0.3 is 0 Å². The van der Waals surface area contributed by atoms with E-state index in [1.165, 1.54) is 11.1 Å². The maximum absolute atomic E-state index is 11.5. The molecule has 0 aliphatic carbocycles. The lowest BCUT2D eigenvalue weighted by atomic mass is 9.97. The first kappa shape index (κ1) is 27.6. The summed E-state index contributed by atoms with van der Waals surface area (Å²) >= 11 is 0. The third kappa shape index (κ3) is 11.2. The zero-order valence-electron chi connectivity index (χ0n) is 19.2. The molecule has 0 spiro atoms. The van der Waals surface area contributed by atoms with Crippen LogP contribution in [0.5, 0.6) is 0 Å². The van der Waals surface area contributed by atoms with Crippen LogP contribution in [0.25, 0.3) is 0 Å². The van der Waals surface area contributed by atoms with Crippen molar-refractivity contribution in [3.8, 4) is 0 Å². The number of primary amides is 1. The molecule has 0 bridgehead atoms. The Labute approximate surface area is 204 Å².